The summed E-state index contributed by atoms with van der Waals surface area (Å²) in [5.74, 6) is -0.136. The Kier molecular flexibility index (Phi) is 3.88. The van der Waals surface area contributed by atoms with Gasteiger partial charge in [-0.15, -0.1) is 0 Å². The van der Waals surface area contributed by atoms with Crippen molar-refractivity contribution >= 4 is 15.7 Å². The van der Waals surface area contributed by atoms with Crippen LogP contribution < -0.4 is 10.6 Å². The van der Waals surface area contributed by atoms with Gasteiger partial charge in [0.25, 0.3) is 0 Å². The lowest BCUT2D eigenvalue weighted by Gasteiger charge is -2.04. The molecule has 1 saturated carbocycles. The molecule has 0 bridgehead atoms. The third-order valence-electron chi connectivity index (χ3n) is 1.92. The van der Waals surface area contributed by atoms with Gasteiger partial charge in [-0.05, 0) is 12.8 Å². The Hall–Kier alpha value is -0.620. The lowest BCUT2D eigenvalue weighted by molar-refractivity contribution is -0.120. The maximum Gasteiger partial charge on any atom is 0.233 e. The van der Waals surface area contributed by atoms with Crippen molar-refractivity contribution in [3.8, 4) is 0 Å². The van der Waals surface area contributed by atoms with E-state index in [1.165, 1.54) is 0 Å². The van der Waals surface area contributed by atoms with E-state index < -0.39 is 9.84 Å². The normalized spacial score (nSPS) is 16.6. The summed E-state index contributed by atoms with van der Waals surface area (Å²) in [6.07, 6.45) is 3.43. The third-order valence-corrected chi connectivity index (χ3v) is 2.87. The molecule has 1 aliphatic rings. The fraction of sp³-hybridized carbons (Fsp3) is 0.875. The molecule has 1 rings (SSSR count). The van der Waals surface area contributed by atoms with Crippen molar-refractivity contribution in [3.05, 3.63) is 0 Å². The van der Waals surface area contributed by atoms with Crippen molar-refractivity contribution in [2.45, 2.75) is 18.9 Å². The molecule has 6 heteroatoms. The van der Waals surface area contributed by atoms with E-state index in [1.807, 2.05) is 0 Å². The number of rotatable bonds is 6. The minimum atomic E-state index is -2.97. The van der Waals surface area contributed by atoms with Crippen molar-refractivity contribution in [3.63, 3.8) is 0 Å². The van der Waals surface area contributed by atoms with Crippen molar-refractivity contribution in [1.29, 1.82) is 0 Å². The predicted octanol–water partition coefficient (Wildman–Crippen LogP) is -1.10. The monoisotopic (exact) mass is 220 g/mol. The van der Waals surface area contributed by atoms with E-state index in [-0.39, 0.29) is 24.7 Å². The molecule has 0 saturated heterocycles. The van der Waals surface area contributed by atoms with E-state index in [1.54, 1.807) is 0 Å². The molecule has 1 aliphatic carbocycles. The van der Waals surface area contributed by atoms with Gasteiger partial charge in [-0.1, -0.05) is 0 Å². The molecule has 0 radical (unpaired) electrons. The third kappa shape index (κ3) is 5.93. The average molecular weight is 220 g/mol. The number of hydrogen-bond donors (Lipinski definition) is 2. The molecule has 1 fully saturated rings. The Morgan fingerprint density at radius 2 is 2.07 bits per heavy atom. The highest BCUT2D eigenvalue weighted by Gasteiger charge is 2.20. The van der Waals surface area contributed by atoms with Crippen LogP contribution in [0.25, 0.3) is 0 Å². The summed E-state index contributed by atoms with van der Waals surface area (Å²) in [5.41, 5.74) is 0. The van der Waals surface area contributed by atoms with Gasteiger partial charge in [0.15, 0.2) is 0 Å². The number of carbonyl (C=O) groups excluding carboxylic acids is 1. The largest absolute Gasteiger partial charge is 0.354 e. The second-order valence-corrected chi connectivity index (χ2v) is 5.89. The van der Waals surface area contributed by atoms with Gasteiger partial charge < -0.3 is 10.6 Å². The van der Waals surface area contributed by atoms with Crippen LogP contribution in [0, 0.1) is 0 Å². The summed E-state index contributed by atoms with van der Waals surface area (Å²) in [5, 5.41) is 5.58. The fourth-order valence-corrected chi connectivity index (χ4v) is 1.44. The molecule has 14 heavy (non-hydrogen) atoms. The number of sulfone groups is 1. The van der Waals surface area contributed by atoms with Crippen LogP contribution in [-0.2, 0) is 14.6 Å². The maximum absolute atomic E-state index is 11.1. The minimum Gasteiger partial charge on any atom is -0.354 e. The van der Waals surface area contributed by atoms with Crippen molar-refractivity contribution in [2.75, 3.05) is 25.1 Å². The number of amides is 1. The molecule has 2 N–H and O–H groups in total. The van der Waals surface area contributed by atoms with E-state index in [9.17, 15) is 13.2 Å². The predicted molar refractivity (Wildman–Crippen MR) is 53.7 cm³/mol. The highest BCUT2D eigenvalue weighted by molar-refractivity contribution is 7.90. The quantitative estimate of drug-likeness (QED) is 0.596. The number of nitrogens with one attached hydrogen (secondary N) is 2. The fourth-order valence-electron chi connectivity index (χ4n) is 0.963. The Labute approximate surface area is 84.2 Å². The van der Waals surface area contributed by atoms with Gasteiger partial charge in [-0.25, -0.2) is 8.42 Å². The lowest BCUT2D eigenvalue weighted by Crippen LogP contribution is -2.37. The van der Waals surface area contributed by atoms with Gasteiger partial charge in [0.05, 0.1) is 12.3 Å². The molecule has 1 amide bonds. The Balaban J connectivity index is 2.02. The van der Waals surface area contributed by atoms with Gasteiger partial charge >= 0.3 is 0 Å². The molecule has 0 aromatic rings. The molecule has 0 aromatic carbocycles. The molecule has 0 heterocycles. The van der Waals surface area contributed by atoms with Crippen molar-refractivity contribution in [2.24, 2.45) is 0 Å². The molecular formula is C8H16N2O3S. The van der Waals surface area contributed by atoms with Crippen molar-refractivity contribution in [1.82, 2.24) is 10.6 Å². The molecule has 5 nitrogen and oxygen atoms in total. The maximum atomic E-state index is 11.1. The summed E-state index contributed by atoms with van der Waals surface area (Å²) < 4.78 is 21.4. The first-order valence-corrected chi connectivity index (χ1v) is 6.71. The topological polar surface area (TPSA) is 75.3 Å². The molecule has 0 aliphatic heterocycles. The molecular weight excluding hydrogens is 204 g/mol. The van der Waals surface area contributed by atoms with Crippen LogP contribution in [0.15, 0.2) is 0 Å². The highest BCUT2D eigenvalue weighted by atomic mass is 32.2. The average Bonchev–Trinajstić information content (AvgIpc) is 2.81. The zero-order valence-corrected chi connectivity index (χ0v) is 9.06. The zero-order valence-electron chi connectivity index (χ0n) is 8.25. The van der Waals surface area contributed by atoms with Crippen LogP contribution in [0.3, 0.4) is 0 Å². The SMILES string of the molecule is CS(=O)(=O)CCNC(=O)CNC1CC1. The summed E-state index contributed by atoms with van der Waals surface area (Å²) in [7, 11) is -2.97. The van der Waals surface area contributed by atoms with Gasteiger partial charge in [0, 0.05) is 18.8 Å². The molecule has 0 aromatic heterocycles. The van der Waals surface area contributed by atoms with E-state index >= 15 is 0 Å². The molecule has 82 valence electrons. The molecule has 0 atom stereocenters. The molecule has 0 unspecified atom stereocenters. The standard InChI is InChI=1S/C8H16N2O3S/c1-14(12,13)5-4-9-8(11)6-10-7-2-3-7/h7,10H,2-6H2,1H3,(H,9,11). The van der Waals surface area contributed by atoms with Gasteiger partial charge in [0.1, 0.15) is 9.84 Å². The van der Waals surface area contributed by atoms with Gasteiger partial charge in [0.2, 0.25) is 5.91 Å². The first kappa shape index (κ1) is 11.5. The van der Waals surface area contributed by atoms with Crippen LogP contribution in [-0.4, -0.2) is 45.5 Å². The second-order valence-electron chi connectivity index (χ2n) is 3.64. The van der Waals surface area contributed by atoms with E-state index in [2.05, 4.69) is 10.6 Å². The van der Waals surface area contributed by atoms with Crippen LogP contribution in [0.4, 0.5) is 0 Å². The smallest absolute Gasteiger partial charge is 0.233 e. The van der Waals surface area contributed by atoms with Crippen LogP contribution in [0.2, 0.25) is 0 Å². The van der Waals surface area contributed by atoms with Gasteiger partial charge in [-0.3, -0.25) is 4.79 Å². The van der Waals surface area contributed by atoms with Crippen LogP contribution in [0.5, 0.6) is 0 Å². The number of carbonyl (C=O) groups is 1. The molecule has 0 spiro atoms. The zero-order chi connectivity index (χ0) is 10.6. The van der Waals surface area contributed by atoms with E-state index in [0.717, 1.165) is 19.1 Å². The summed E-state index contributed by atoms with van der Waals surface area (Å²) >= 11 is 0. The summed E-state index contributed by atoms with van der Waals surface area (Å²) in [6, 6.07) is 0.496. The van der Waals surface area contributed by atoms with Crippen LogP contribution >= 0.6 is 0 Å². The Bertz CT molecular complexity index is 296. The first-order chi connectivity index (χ1) is 6.47. The van der Waals surface area contributed by atoms with E-state index in [0.29, 0.717) is 6.04 Å². The number of hydrogen-bond acceptors (Lipinski definition) is 4. The summed E-state index contributed by atoms with van der Waals surface area (Å²) in [4.78, 5) is 11.1. The summed E-state index contributed by atoms with van der Waals surface area (Å²) in [6.45, 7) is 0.485. The first-order valence-electron chi connectivity index (χ1n) is 4.65. The minimum absolute atomic E-state index is 0.00215. The van der Waals surface area contributed by atoms with E-state index in [4.69, 9.17) is 0 Å². The van der Waals surface area contributed by atoms with Crippen molar-refractivity contribution < 1.29 is 13.2 Å². The highest BCUT2D eigenvalue weighted by Crippen LogP contribution is 2.17. The Morgan fingerprint density at radius 3 is 2.57 bits per heavy atom. The van der Waals surface area contributed by atoms with Crippen LogP contribution in [0.1, 0.15) is 12.8 Å². The van der Waals surface area contributed by atoms with Gasteiger partial charge in [-0.2, -0.15) is 0 Å². The second kappa shape index (κ2) is 4.75. The Morgan fingerprint density at radius 1 is 1.43 bits per heavy atom. The lowest BCUT2D eigenvalue weighted by atomic mass is 10.5.